The molecule has 0 radical (unpaired) electrons. The molecule has 4 aliphatic rings. The van der Waals surface area contributed by atoms with Crippen LogP contribution in [0.3, 0.4) is 0 Å². The molecule has 0 bridgehead atoms. The van der Waals surface area contributed by atoms with Crippen molar-refractivity contribution in [1.29, 1.82) is 0 Å². The quantitative estimate of drug-likeness (QED) is 0.0698. The predicted octanol–water partition coefficient (Wildman–Crippen LogP) is 20.1. The Morgan fingerprint density at radius 3 is 1.11 bits per heavy atom. The predicted molar refractivity (Wildman–Crippen MR) is 309 cm³/mol. The van der Waals surface area contributed by atoms with Gasteiger partial charge in [-0.1, -0.05) is 160 Å². The van der Waals surface area contributed by atoms with Crippen LogP contribution in [0.15, 0.2) is 127 Å². The maximum atomic E-state index is 5.67. The Labute approximate surface area is 441 Å². The third kappa shape index (κ3) is 14.7. The van der Waals surface area contributed by atoms with Crippen LogP contribution in [0.5, 0.6) is 0 Å². The van der Waals surface area contributed by atoms with Gasteiger partial charge in [-0.15, -0.1) is 0 Å². The Balaban J connectivity index is 0.000000202. The molecule has 1 heterocycles. The normalized spacial score (nSPS) is 19.6. The summed E-state index contributed by atoms with van der Waals surface area (Å²) in [6.07, 6.45) is 23.8. The van der Waals surface area contributed by atoms with Crippen molar-refractivity contribution in [2.75, 3.05) is 9.80 Å². The maximum absolute atomic E-state index is 5.67. The van der Waals surface area contributed by atoms with Gasteiger partial charge in [-0.2, -0.15) is 6.67 Å². The molecular weight excluding hydrogens is 1000 g/mol. The van der Waals surface area contributed by atoms with Crippen LogP contribution in [-0.4, -0.2) is 21.6 Å². The van der Waals surface area contributed by atoms with E-state index in [0.717, 1.165) is 5.56 Å². The monoisotopic (exact) mass is 1090 g/mol. The van der Waals surface area contributed by atoms with E-state index in [4.69, 9.17) is 19.4 Å². The van der Waals surface area contributed by atoms with Gasteiger partial charge in [0.2, 0.25) is 0 Å². The molecule has 2 nitrogen and oxygen atoms in total. The summed E-state index contributed by atoms with van der Waals surface area (Å²) in [6, 6.07) is 46.6. The van der Waals surface area contributed by atoms with Gasteiger partial charge in [0.05, 0.1) is 29.1 Å². The fourth-order valence-corrected chi connectivity index (χ4v) is 19.2. The van der Waals surface area contributed by atoms with E-state index in [1.54, 1.807) is 96.3 Å². The summed E-state index contributed by atoms with van der Waals surface area (Å²) in [5.41, 5.74) is 15.6. The summed E-state index contributed by atoms with van der Waals surface area (Å²) < 4.78 is 1.92. The molecule has 3 aliphatic carbocycles. The van der Waals surface area contributed by atoms with Crippen LogP contribution in [-0.2, 0) is 13.5 Å². The van der Waals surface area contributed by atoms with Gasteiger partial charge in [0, 0.05) is 19.3 Å². The third-order valence-corrected chi connectivity index (χ3v) is 22.3. The summed E-state index contributed by atoms with van der Waals surface area (Å²) in [5, 5.41) is 0. The first-order valence-corrected chi connectivity index (χ1v) is 34.7. The molecule has 5 aromatic rings. The molecule has 2 atom stereocenters. The molecule has 0 unspecified atom stereocenters. The van der Waals surface area contributed by atoms with E-state index in [2.05, 4.69) is 169 Å². The summed E-state index contributed by atoms with van der Waals surface area (Å²) >= 11 is -1.61. The minimum atomic E-state index is -1.61. The van der Waals surface area contributed by atoms with Crippen molar-refractivity contribution in [2.45, 2.75) is 204 Å². The number of rotatable bonds is 12. The van der Waals surface area contributed by atoms with Crippen molar-refractivity contribution >= 4 is 43.3 Å². The number of anilines is 2. The molecule has 4 fully saturated rings. The summed E-state index contributed by atoms with van der Waals surface area (Å²) in [4.78, 5) is 5.17. The standard InChI is InChI=1S/C39H47N2.C18H33P.C7H6.2ClH.Ru/c1-26(2)32-19-21-34(28(5)6)36(23-32)40-25-41(37-24-33(27(3)4)20-22-35(37)29(7)8)39(31-17-13-10-14-18-31)38(40)30-15-11-9-12-16-30;1-4-10-16(11-5-1)19(17-12-6-2-7-13-17)18-14-8-3-9-15-18;1-7-5-3-2-4-6-7;;;/h9-29,38-39H,1-8H3;16-18H,1-15H2;1-6H;2*1H;/q-1;;;;;+2/p-1/t38-,39-;;;;;/m1...../s1. The van der Waals surface area contributed by atoms with Crippen LogP contribution >= 0.6 is 27.3 Å². The Hall–Kier alpha value is -2.80. The van der Waals surface area contributed by atoms with E-state index in [0.29, 0.717) is 23.7 Å². The summed E-state index contributed by atoms with van der Waals surface area (Å²) in [5.74, 6) is 1.75. The molecule has 1 aliphatic heterocycles. The van der Waals surface area contributed by atoms with Crippen LogP contribution in [0.4, 0.5) is 11.4 Å². The van der Waals surface area contributed by atoms with E-state index < -0.39 is 13.5 Å². The van der Waals surface area contributed by atoms with Gasteiger partial charge < -0.3 is 9.80 Å². The Kier molecular flexibility index (Phi) is 21.6. The second-order valence-corrected chi connectivity index (χ2v) is 31.3. The summed E-state index contributed by atoms with van der Waals surface area (Å²) in [7, 11) is 11.3. The Morgan fingerprint density at radius 1 is 0.457 bits per heavy atom. The number of benzene rings is 5. The topological polar surface area (TPSA) is 6.48 Å². The van der Waals surface area contributed by atoms with Crippen molar-refractivity contribution in [3.05, 3.63) is 173 Å². The van der Waals surface area contributed by atoms with Crippen LogP contribution in [0.1, 0.15) is 226 Å². The average Bonchev–Trinajstić information content (AvgIpc) is 3.79. The minimum absolute atomic E-state index is 0.0465. The van der Waals surface area contributed by atoms with Gasteiger partial charge in [0.25, 0.3) is 0 Å². The molecule has 0 spiro atoms. The van der Waals surface area contributed by atoms with Crippen LogP contribution in [0.25, 0.3) is 0 Å². The van der Waals surface area contributed by atoms with Crippen molar-refractivity contribution in [2.24, 2.45) is 0 Å². The van der Waals surface area contributed by atoms with Crippen LogP contribution in [0, 0.1) is 6.67 Å². The second kappa shape index (κ2) is 27.5. The molecule has 5 aromatic carbocycles. The molecular formula is C64H87Cl2N2PRu. The molecule has 9 rings (SSSR count). The number of hydrogen-bond donors (Lipinski definition) is 0. The molecule has 380 valence electrons. The number of hydrogen-bond acceptors (Lipinski definition) is 2. The fourth-order valence-electron chi connectivity index (χ4n) is 12.2. The number of nitrogens with zero attached hydrogens (tertiary/aromatic N) is 2. The van der Waals surface area contributed by atoms with Crippen LogP contribution in [0.2, 0.25) is 0 Å². The summed E-state index contributed by atoms with van der Waals surface area (Å²) in [6.45, 7) is 20.9. The van der Waals surface area contributed by atoms with E-state index >= 15 is 0 Å². The van der Waals surface area contributed by atoms with Gasteiger partial charge >= 0.3 is 73.4 Å². The van der Waals surface area contributed by atoms with Crippen molar-refractivity contribution in [3.8, 4) is 0 Å². The van der Waals surface area contributed by atoms with Gasteiger partial charge in [-0.25, -0.2) is 0 Å². The van der Waals surface area contributed by atoms with E-state index in [1.165, 1.54) is 61.7 Å². The Bertz CT molecular complexity index is 2170. The zero-order valence-electron chi connectivity index (χ0n) is 44.1. The molecule has 0 N–H and O–H groups in total. The van der Waals surface area contributed by atoms with Crippen molar-refractivity contribution in [1.82, 2.24) is 0 Å². The SMILES string of the molecule is C1CCC([PH+](C2CCCCC2)C2CCCCC2)CC1.CC(C)c1ccc(C(C)C)c(N2[CH-]N(c3cc(C(C)C)ccc3C(C)C)[C@H](c3ccccc3)[C@H]2c2ccccc2)c1.[Cl][Ru]([Cl])=[CH]c1ccccc1. The molecule has 0 amide bonds. The zero-order chi connectivity index (χ0) is 49.6. The molecule has 6 heteroatoms. The van der Waals surface area contributed by atoms with Gasteiger partial charge in [-0.3, -0.25) is 0 Å². The number of halogens is 2. The van der Waals surface area contributed by atoms with Crippen LogP contribution < -0.4 is 9.80 Å². The van der Waals surface area contributed by atoms with E-state index in [9.17, 15) is 0 Å². The second-order valence-electron chi connectivity index (χ2n) is 22.1. The average molecular weight is 1090 g/mol. The zero-order valence-corrected chi connectivity index (χ0v) is 48.3. The molecule has 70 heavy (non-hydrogen) atoms. The molecule has 1 saturated heterocycles. The molecule has 0 aromatic heterocycles. The first-order valence-electron chi connectivity index (χ1n) is 27.4. The van der Waals surface area contributed by atoms with E-state index in [-0.39, 0.29) is 20.0 Å². The van der Waals surface area contributed by atoms with E-state index in [1.807, 2.05) is 34.9 Å². The first-order chi connectivity index (χ1) is 33.9. The van der Waals surface area contributed by atoms with Gasteiger partial charge in [0.15, 0.2) is 0 Å². The van der Waals surface area contributed by atoms with Gasteiger partial charge in [-0.05, 0) is 146 Å². The first kappa shape index (κ1) is 55.0. The third-order valence-electron chi connectivity index (χ3n) is 15.9. The van der Waals surface area contributed by atoms with Crippen molar-refractivity contribution in [3.63, 3.8) is 0 Å². The Morgan fingerprint density at radius 2 is 0.800 bits per heavy atom. The molecule has 3 saturated carbocycles. The van der Waals surface area contributed by atoms with Gasteiger partial charge in [0.1, 0.15) is 0 Å². The van der Waals surface area contributed by atoms with Crippen molar-refractivity contribution < 1.29 is 13.5 Å². The fraction of sp³-hybridized carbons (Fsp3) is 0.500.